The molecule has 176 valence electrons. The van der Waals surface area contributed by atoms with Crippen LogP contribution in [0.3, 0.4) is 0 Å². The molecule has 1 aromatic carbocycles. The van der Waals surface area contributed by atoms with Crippen LogP contribution in [0, 0.1) is 17.4 Å². The fourth-order valence-electron chi connectivity index (χ4n) is 4.07. The van der Waals surface area contributed by atoms with Gasteiger partial charge in [-0.05, 0) is 43.9 Å². The number of benzene rings is 1. The second-order valence-electron chi connectivity index (χ2n) is 10.1. The van der Waals surface area contributed by atoms with Crippen LogP contribution in [0.5, 0.6) is 0 Å². The third-order valence-corrected chi connectivity index (χ3v) is 7.12. The molecule has 0 aliphatic carbocycles. The smallest absolute Gasteiger partial charge is 0.343 e. The van der Waals surface area contributed by atoms with Crippen molar-refractivity contribution in [2.24, 2.45) is 5.92 Å². The second-order valence-corrected chi connectivity index (χ2v) is 14.9. The number of esters is 1. The highest BCUT2D eigenvalue weighted by atomic mass is 28.3. The van der Waals surface area contributed by atoms with E-state index in [-0.39, 0.29) is 23.7 Å². The van der Waals surface area contributed by atoms with Gasteiger partial charge in [-0.25, -0.2) is 13.6 Å². The zero-order valence-electron chi connectivity index (χ0n) is 20.3. The summed E-state index contributed by atoms with van der Waals surface area (Å²) in [6.45, 7) is 14.2. The maximum absolute atomic E-state index is 14.0. The summed E-state index contributed by atoms with van der Waals surface area (Å²) in [4.78, 5) is 25.2. The van der Waals surface area contributed by atoms with Crippen LogP contribution in [0.15, 0.2) is 29.2 Å². The molecule has 2 aromatic rings. The molecule has 0 fully saturated rings. The van der Waals surface area contributed by atoms with Crippen molar-refractivity contribution >= 4 is 14.0 Å². The molecule has 0 saturated heterocycles. The van der Waals surface area contributed by atoms with E-state index < -0.39 is 31.4 Å². The zero-order chi connectivity index (χ0) is 24.7. The molecule has 4 nitrogen and oxygen atoms in total. The van der Waals surface area contributed by atoms with Crippen LogP contribution in [0.4, 0.5) is 8.78 Å². The minimum Gasteiger partial charge on any atom is -0.462 e. The van der Waals surface area contributed by atoms with Crippen molar-refractivity contribution in [3.8, 4) is 22.7 Å². The van der Waals surface area contributed by atoms with E-state index in [1.54, 1.807) is 13.0 Å². The van der Waals surface area contributed by atoms with Gasteiger partial charge in [0.05, 0.1) is 12.3 Å². The Morgan fingerprint density at radius 2 is 1.91 bits per heavy atom. The Morgan fingerprint density at radius 1 is 1.24 bits per heavy atom. The van der Waals surface area contributed by atoms with Crippen molar-refractivity contribution in [3.05, 3.63) is 56.9 Å². The van der Waals surface area contributed by atoms with E-state index >= 15 is 0 Å². The van der Waals surface area contributed by atoms with Gasteiger partial charge in [-0.1, -0.05) is 39.4 Å². The molecule has 0 N–H and O–H groups in total. The first kappa shape index (κ1) is 24.9. The Kier molecular flexibility index (Phi) is 6.72. The molecule has 1 aliphatic heterocycles. The lowest BCUT2D eigenvalue weighted by atomic mass is 9.76. The van der Waals surface area contributed by atoms with Crippen LogP contribution < -0.4 is 5.43 Å². The van der Waals surface area contributed by atoms with Gasteiger partial charge in [-0.2, -0.15) is 0 Å². The normalized spacial score (nSPS) is 17.3. The molecular formula is C26H31F2NO3Si. The largest absolute Gasteiger partial charge is 0.462 e. The van der Waals surface area contributed by atoms with Crippen LogP contribution in [-0.4, -0.2) is 25.2 Å². The van der Waals surface area contributed by atoms with Crippen molar-refractivity contribution in [2.45, 2.75) is 65.7 Å². The zero-order valence-corrected chi connectivity index (χ0v) is 21.3. The lowest BCUT2D eigenvalue weighted by Crippen LogP contribution is -2.42. The van der Waals surface area contributed by atoms with Crippen LogP contribution in [-0.2, 0) is 16.7 Å². The number of hydrogen-bond acceptors (Lipinski definition) is 3. The van der Waals surface area contributed by atoms with E-state index in [1.807, 2.05) is 4.57 Å². The number of pyridine rings is 1. The predicted octanol–water partition coefficient (Wildman–Crippen LogP) is 5.79. The first-order chi connectivity index (χ1) is 15.3. The van der Waals surface area contributed by atoms with Gasteiger partial charge in [0.25, 0.3) is 6.43 Å². The van der Waals surface area contributed by atoms with Crippen molar-refractivity contribution in [1.82, 2.24) is 4.57 Å². The number of rotatable bonds is 4. The molecule has 0 saturated carbocycles. The standard InChI is InChI=1S/C26H31F2NO3Si/c1-8-32-25(31)21-15-29-22(13-23(21)30)19-12-20(24(27)28)17(9-10-33(5,6)7)11-18(19)14-26(29,4)16(2)3/h11-13,15-16,24H,8,14H2,1-7H3. The monoisotopic (exact) mass is 471 g/mol. The van der Waals surface area contributed by atoms with Gasteiger partial charge in [-0.3, -0.25) is 4.79 Å². The third kappa shape index (κ3) is 4.81. The fraction of sp³-hybridized carbons (Fsp3) is 0.462. The fourth-order valence-corrected chi connectivity index (χ4v) is 4.58. The Balaban J connectivity index is 2.33. The minimum atomic E-state index is -2.70. The molecule has 33 heavy (non-hydrogen) atoms. The maximum atomic E-state index is 14.0. The Bertz CT molecular complexity index is 1210. The summed E-state index contributed by atoms with van der Waals surface area (Å²) < 4.78 is 35.0. The number of halogens is 2. The highest BCUT2D eigenvalue weighted by molar-refractivity contribution is 6.83. The minimum absolute atomic E-state index is 0.0531. The SMILES string of the molecule is CCOC(=O)c1cn2c(cc1=O)-c1cc(C(F)F)c(C#C[Si](C)(C)C)cc1CC2(C)C(C)C. The first-order valence-corrected chi connectivity index (χ1v) is 14.7. The molecule has 0 bridgehead atoms. The molecule has 2 heterocycles. The number of alkyl halides is 2. The molecule has 1 aromatic heterocycles. The van der Waals surface area contributed by atoms with Crippen LogP contribution in [0.1, 0.15) is 61.2 Å². The van der Waals surface area contributed by atoms with Gasteiger partial charge >= 0.3 is 5.97 Å². The molecule has 3 rings (SSSR count). The van der Waals surface area contributed by atoms with Gasteiger partial charge in [0.1, 0.15) is 13.6 Å². The molecule has 1 atom stereocenters. The molecule has 1 aliphatic rings. The summed E-state index contributed by atoms with van der Waals surface area (Å²) in [5, 5.41) is 0. The van der Waals surface area contributed by atoms with E-state index in [1.165, 1.54) is 18.3 Å². The molecular weight excluding hydrogens is 440 g/mol. The number of carbonyl (C=O) groups is 1. The number of ether oxygens (including phenoxy) is 1. The second kappa shape index (κ2) is 8.90. The van der Waals surface area contributed by atoms with Gasteiger partial charge in [0, 0.05) is 34.5 Å². The van der Waals surface area contributed by atoms with Gasteiger partial charge in [0.15, 0.2) is 5.43 Å². The summed E-state index contributed by atoms with van der Waals surface area (Å²) >= 11 is 0. The van der Waals surface area contributed by atoms with E-state index in [0.29, 0.717) is 23.2 Å². The molecule has 0 radical (unpaired) electrons. The maximum Gasteiger partial charge on any atom is 0.343 e. The van der Waals surface area contributed by atoms with Crippen LogP contribution >= 0.6 is 0 Å². The van der Waals surface area contributed by atoms with Crippen molar-refractivity contribution in [2.75, 3.05) is 6.61 Å². The van der Waals surface area contributed by atoms with Gasteiger partial charge in [0.2, 0.25) is 0 Å². The average Bonchev–Trinajstić information content (AvgIpc) is 2.70. The Hall–Kier alpha value is -2.72. The topological polar surface area (TPSA) is 48.3 Å². The van der Waals surface area contributed by atoms with Crippen LogP contribution in [0.25, 0.3) is 11.3 Å². The van der Waals surface area contributed by atoms with Crippen LogP contribution in [0.2, 0.25) is 19.6 Å². The number of carbonyl (C=O) groups excluding carboxylic acids is 1. The highest BCUT2D eigenvalue weighted by Crippen LogP contribution is 2.43. The third-order valence-electron chi connectivity index (χ3n) is 6.25. The lowest BCUT2D eigenvalue weighted by Gasteiger charge is -2.43. The van der Waals surface area contributed by atoms with Gasteiger partial charge < -0.3 is 9.30 Å². The highest BCUT2D eigenvalue weighted by Gasteiger charge is 2.38. The van der Waals surface area contributed by atoms with E-state index in [2.05, 4.69) is 51.9 Å². The van der Waals surface area contributed by atoms with E-state index in [9.17, 15) is 18.4 Å². The molecule has 0 amide bonds. The number of nitrogens with zero attached hydrogens (tertiary/aromatic N) is 1. The summed E-state index contributed by atoms with van der Waals surface area (Å²) in [5.74, 6) is 2.47. The summed E-state index contributed by atoms with van der Waals surface area (Å²) in [7, 11) is -1.76. The Labute approximate surface area is 195 Å². The van der Waals surface area contributed by atoms with Crippen molar-refractivity contribution in [1.29, 1.82) is 0 Å². The number of fused-ring (bicyclic) bond motifs is 3. The van der Waals surface area contributed by atoms with Gasteiger partial charge in [-0.15, -0.1) is 5.54 Å². The number of hydrogen-bond donors (Lipinski definition) is 0. The summed E-state index contributed by atoms with van der Waals surface area (Å²) in [6.07, 6.45) is -0.610. The number of aromatic nitrogens is 1. The molecule has 0 spiro atoms. The molecule has 7 heteroatoms. The predicted molar refractivity (Wildman–Crippen MR) is 129 cm³/mol. The Morgan fingerprint density at radius 3 is 2.45 bits per heavy atom. The van der Waals surface area contributed by atoms with Crippen molar-refractivity contribution in [3.63, 3.8) is 0 Å². The average molecular weight is 472 g/mol. The summed E-state index contributed by atoms with van der Waals surface area (Å²) in [5.41, 5.74) is 4.36. The lowest BCUT2D eigenvalue weighted by molar-refractivity contribution is 0.0522. The van der Waals surface area contributed by atoms with Crippen molar-refractivity contribution < 1.29 is 18.3 Å². The first-order valence-electron chi connectivity index (χ1n) is 11.2. The molecule has 1 unspecified atom stereocenters. The van der Waals surface area contributed by atoms with E-state index in [4.69, 9.17) is 4.74 Å². The van der Waals surface area contributed by atoms with E-state index in [0.717, 1.165) is 5.56 Å². The quantitative estimate of drug-likeness (QED) is 0.322. The summed E-state index contributed by atoms with van der Waals surface area (Å²) in [6, 6.07) is 4.59.